The standard InChI is InChI=1S/C17H12F5N3O/c1-23-15-6-14-9(7-24-15)4-12(11-3-2-10(18)5-13(11)19)16(26)25(14)8-17(20,21)22/h2-7H,8H2,1H3,(H,23,24). The van der Waals surface area contributed by atoms with E-state index in [1.54, 1.807) is 0 Å². The molecule has 2 heterocycles. The lowest BCUT2D eigenvalue weighted by atomic mass is 10.0. The largest absolute Gasteiger partial charge is 0.406 e. The zero-order valence-corrected chi connectivity index (χ0v) is 13.4. The number of anilines is 1. The second-order valence-corrected chi connectivity index (χ2v) is 5.57. The average Bonchev–Trinajstić information content (AvgIpc) is 2.56. The molecule has 3 aromatic rings. The van der Waals surface area contributed by atoms with Gasteiger partial charge in [-0.2, -0.15) is 13.2 Å². The van der Waals surface area contributed by atoms with Crippen LogP contribution in [0.5, 0.6) is 0 Å². The highest BCUT2D eigenvalue weighted by Gasteiger charge is 2.30. The number of rotatable bonds is 3. The van der Waals surface area contributed by atoms with Gasteiger partial charge in [-0.3, -0.25) is 9.36 Å². The molecule has 0 unspecified atom stereocenters. The quantitative estimate of drug-likeness (QED) is 0.712. The van der Waals surface area contributed by atoms with Crippen molar-refractivity contribution in [3.63, 3.8) is 0 Å². The van der Waals surface area contributed by atoms with Gasteiger partial charge in [-0.1, -0.05) is 0 Å². The molecule has 0 aliphatic carbocycles. The summed E-state index contributed by atoms with van der Waals surface area (Å²) in [6.45, 7) is -1.55. The Morgan fingerprint density at radius 3 is 2.46 bits per heavy atom. The normalized spacial score (nSPS) is 11.8. The number of fused-ring (bicyclic) bond motifs is 1. The maximum atomic E-state index is 14.1. The highest BCUT2D eigenvalue weighted by molar-refractivity contribution is 5.85. The Kier molecular flexibility index (Phi) is 4.39. The Hall–Kier alpha value is -2.97. The van der Waals surface area contributed by atoms with Crippen molar-refractivity contribution in [2.45, 2.75) is 12.7 Å². The van der Waals surface area contributed by atoms with Gasteiger partial charge in [-0.05, 0) is 18.2 Å². The van der Waals surface area contributed by atoms with Crippen LogP contribution in [0.1, 0.15) is 0 Å². The summed E-state index contributed by atoms with van der Waals surface area (Å²) >= 11 is 0. The molecule has 0 bridgehead atoms. The van der Waals surface area contributed by atoms with Crippen molar-refractivity contribution >= 4 is 16.7 Å². The average molecular weight is 369 g/mol. The predicted molar refractivity (Wildman–Crippen MR) is 87.0 cm³/mol. The molecule has 1 N–H and O–H groups in total. The van der Waals surface area contributed by atoms with E-state index < -0.39 is 29.9 Å². The number of aromatic nitrogens is 2. The molecule has 1 aromatic carbocycles. The third-order valence-electron chi connectivity index (χ3n) is 3.79. The molecule has 2 aromatic heterocycles. The first-order valence-corrected chi connectivity index (χ1v) is 7.43. The highest BCUT2D eigenvalue weighted by atomic mass is 19.4. The maximum absolute atomic E-state index is 14.1. The van der Waals surface area contributed by atoms with Crippen molar-refractivity contribution in [2.24, 2.45) is 0 Å². The number of nitrogens with zero attached hydrogens (tertiary/aromatic N) is 2. The zero-order chi connectivity index (χ0) is 19.1. The summed E-state index contributed by atoms with van der Waals surface area (Å²) in [4.78, 5) is 16.7. The Bertz CT molecular complexity index is 1040. The first-order chi connectivity index (χ1) is 12.2. The fourth-order valence-corrected chi connectivity index (χ4v) is 2.65. The summed E-state index contributed by atoms with van der Waals surface area (Å²) in [6.07, 6.45) is -3.39. The molecule has 0 aliphatic rings. The minimum atomic E-state index is -4.67. The minimum Gasteiger partial charge on any atom is -0.373 e. The Labute approximate surface area is 143 Å². The Morgan fingerprint density at radius 1 is 1.12 bits per heavy atom. The van der Waals surface area contributed by atoms with Crippen molar-refractivity contribution in [1.82, 2.24) is 9.55 Å². The Balaban J connectivity index is 2.35. The van der Waals surface area contributed by atoms with Gasteiger partial charge in [0.2, 0.25) is 0 Å². The predicted octanol–water partition coefficient (Wildman–Crippen LogP) is 3.95. The van der Waals surface area contributed by atoms with Gasteiger partial charge in [0.25, 0.3) is 5.56 Å². The second-order valence-electron chi connectivity index (χ2n) is 5.57. The van der Waals surface area contributed by atoms with E-state index in [0.717, 1.165) is 12.1 Å². The van der Waals surface area contributed by atoms with Crippen LogP contribution in [-0.2, 0) is 6.54 Å². The van der Waals surface area contributed by atoms with Crippen LogP contribution in [0.2, 0.25) is 0 Å². The lowest BCUT2D eigenvalue weighted by molar-refractivity contribution is -0.140. The van der Waals surface area contributed by atoms with E-state index >= 15 is 0 Å². The van der Waals surface area contributed by atoms with Crippen molar-refractivity contribution < 1.29 is 22.0 Å². The highest BCUT2D eigenvalue weighted by Crippen LogP contribution is 2.27. The fourth-order valence-electron chi connectivity index (χ4n) is 2.65. The van der Waals surface area contributed by atoms with Crippen LogP contribution in [0.15, 0.2) is 41.3 Å². The van der Waals surface area contributed by atoms with E-state index in [9.17, 15) is 26.7 Å². The third-order valence-corrected chi connectivity index (χ3v) is 3.79. The number of benzene rings is 1. The van der Waals surface area contributed by atoms with Gasteiger partial charge in [0.1, 0.15) is 24.0 Å². The van der Waals surface area contributed by atoms with Gasteiger partial charge in [0, 0.05) is 36.3 Å². The van der Waals surface area contributed by atoms with Gasteiger partial charge >= 0.3 is 6.18 Å². The molecule has 136 valence electrons. The molecule has 0 radical (unpaired) electrons. The first kappa shape index (κ1) is 17.8. The molecule has 3 rings (SSSR count). The van der Waals surface area contributed by atoms with Crippen LogP contribution >= 0.6 is 0 Å². The fraction of sp³-hybridized carbons (Fsp3) is 0.176. The lowest BCUT2D eigenvalue weighted by Crippen LogP contribution is -2.29. The Morgan fingerprint density at radius 2 is 1.85 bits per heavy atom. The third kappa shape index (κ3) is 3.37. The number of pyridine rings is 2. The summed E-state index contributed by atoms with van der Waals surface area (Å²) in [7, 11) is 1.53. The topological polar surface area (TPSA) is 46.9 Å². The van der Waals surface area contributed by atoms with Crippen LogP contribution in [0, 0.1) is 11.6 Å². The van der Waals surface area contributed by atoms with Gasteiger partial charge < -0.3 is 5.32 Å². The lowest BCUT2D eigenvalue weighted by Gasteiger charge is -2.15. The molecule has 4 nitrogen and oxygen atoms in total. The summed E-state index contributed by atoms with van der Waals surface area (Å²) in [5.74, 6) is -1.63. The van der Waals surface area contributed by atoms with Gasteiger partial charge in [0.15, 0.2) is 0 Å². The van der Waals surface area contributed by atoms with E-state index in [0.29, 0.717) is 10.6 Å². The molecule has 0 saturated carbocycles. The number of halogens is 5. The maximum Gasteiger partial charge on any atom is 0.406 e. The van der Waals surface area contributed by atoms with Gasteiger partial charge in [-0.25, -0.2) is 13.8 Å². The summed E-state index contributed by atoms with van der Waals surface area (Å²) in [6, 6.07) is 5.05. The SMILES string of the molecule is CNc1cc2c(cn1)cc(-c1ccc(F)cc1F)c(=O)n2CC(F)(F)F. The first-order valence-electron chi connectivity index (χ1n) is 7.43. The van der Waals surface area contributed by atoms with Crippen molar-refractivity contribution in [1.29, 1.82) is 0 Å². The van der Waals surface area contributed by atoms with Crippen LogP contribution in [-0.4, -0.2) is 22.8 Å². The molecule has 0 aliphatic heterocycles. The summed E-state index contributed by atoms with van der Waals surface area (Å²) in [5.41, 5.74) is -1.63. The van der Waals surface area contributed by atoms with E-state index in [4.69, 9.17) is 0 Å². The molecular formula is C17H12F5N3O. The van der Waals surface area contributed by atoms with Crippen LogP contribution in [0.25, 0.3) is 22.0 Å². The number of hydrogen-bond acceptors (Lipinski definition) is 3. The van der Waals surface area contributed by atoms with E-state index in [1.165, 1.54) is 25.4 Å². The van der Waals surface area contributed by atoms with Crippen molar-refractivity contribution in [3.05, 3.63) is 58.5 Å². The van der Waals surface area contributed by atoms with E-state index in [2.05, 4.69) is 10.3 Å². The molecule has 0 amide bonds. The van der Waals surface area contributed by atoms with Crippen molar-refractivity contribution in [3.8, 4) is 11.1 Å². The van der Waals surface area contributed by atoms with Crippen molar-refractivity contribution in [2.75, 3.05) is 12.4 Å². The molecule has 0 saturated heterocycles. The molecule has 9 heteroatoms. The van der Waals surface area contributed by atoms with Crippen LogP contribution in [0.3, 0.4) is 0 Å². The van der Waals surface area contributed by atoms with E-state index in [-0.39, 0.29) is 27.8 Å². The molecule has 0 atom stereocenters. The molecular weight excluding hydrogens is 357 g/mol. The number of hydrogen-bond donors (Lipinski definition) is 1. The smallest absolute Gasteiger partial charge is 0.373 e. The molecule has 0 fully saturated rings. The minimum absolute atomic E-state index is 0.00190. The molecule has 0 spiro atoms. The van der Waals surface area contributed by atoms with Gasteiger partial charge in [0.05, 0.1) is 11.1 Å². The second kappa shape index (κ2) is 6.40. The molecule has 26 heavy (non-hydrogen) atoms. The van der Waals surface area contributed by atoms with E-state index in [1.807, 2.05) is 0 Å². The number of nitrogens with one attached hydrogen (secondary N) is 1. The summed E-state index contributed by atoms with van der Waals surface area (Å²) in [5, 5.41) is 2.90. The zero-order valence-electron chi connectivity index (χ0n) is 13.4. The van der Waals surface area contributed by atoms with Gasteiger partial charge in [-0.15, -0.1) is 0 Å². The summed E-state index contributed by atoms with van der Waals surface area (Å²) < 4.78 is 66.6. The van der Waals surface area contributed by atoms with Crippen LogP contribution < -0.4 is 10.9 Å². The monoisotopic (exact) mass is 369 g/mol. The van der Waals surface area contributed by atoms with Crippen LogP contribution in [0.4, 0.5) is 27.8 Å². The number of alkyl halides is 3.